The summed E-state index contributed by atoms with van der Waals surface area (Å²) in [4.78, 5) is 36.1. The van der Waals surface area contributed by atoms with Crippen LogP contribution in [0.1, 0.15) is 19.4 Å². The Kier molecular flexibility index (Phi) is 6.43. The summed E-state index contributed by atoms with van der Waals surface area (Å²) in [5.41, 5.74) is -1.08. The van der Waals surface area contributed by atoms with Crippen LogP contribution in [0.3, 0.4) is 0 Å². The number of benzene rings is 2. The number of anilines is 1. The Balaban J connectivity index is 2.00. The van der Waals surface area contributed by atoms with Gasteiger partial charge in [0.1, 0.15) is 11.2 Å². The van der Waals surface area contributed by atoms with Crippen molar-refractivity contribution in [3.8, 4) is 0 Å². The number of sulfonamides is 1. The van der Waals surface area contributed by atoms with Crippen LogP contribution in [-0.2, 0) is 14.8 Å². The van der Waals surface area contributed by atoms with Gasteiger partial charge < -0.3 is 10.4 Å². The molecule has 0 saturated carbocycles. The number of rotatable bonds is 8. The van der Waals surface area contributed by atoms with Crippen LogP contribution in [-0.4, -0.2) is 60.0 Å². The van der Waals surface area contributed by atoms with Gasteiger partial charge in [-0.1, -0.05) is 29.8 Å². The fourth-order valence-electron chi connectivity index (χ4n) is 3.44. The molecule has 0 spiro atoms. The van der Waals surface area contributed by atoms with Gasteiger partial charge in [-0.25, -0.2) is 13.2 Å². The van der Waals surface area contributed by atoms with E-state index in [0.29, 0.717) is 0 Å². The Bertz CT molecular complexity index is 1200. The van der Waals surface area contributed by atoms with Gasteiger partial charge in [-0.05, 0) is 39.0 Å². The minimum atomic E-state index is -4.34. The molecule has 0 unspecified atom stereocenters. The van der Waals surface area contributed by atoms with Crippen LogP contribution in [0.25, 0.3) is 0 Å². The predicted octanol–water partition coefficient (Wildman–Crippen LogP) is 1.79. The van der Waals surface area contributed by atoms with Crippen LogP contribution in [0, 0.1) is 17.0 Å². The van der Waals surface area contributed by atoms with Gasteiger partial charge in [0.15, 0.2) is 0 Å². The molecule has 3 rings (SSSR count). The van der Waals surface area contributed by atoms with Gasteiger partial charge in [0.05, 0.1) is 29.0 Å². The lowest BCUT2D eigenvalue weighted by molar-refractivity contribution is -0.384. The Morgan fingerprint density at radius 2 is 1.76 bits per heavy atom. The number of aryl methyl sites for hydroxylation is 1. The van der Waals surface area contributed by atoms with Crippen molar-refractivity contribution in [2.75, 3.05) is 17.4 Å². The van der Waals surface area contributed by atoms with Gasteiger partial charge >= 0.3 is 6.03 Å². The first-order valence-corrected chi connectivity index (χ1v) is 11.4. The van der Waals surface area contributed by atoms with Crippen LogP contribution in [0.5, 0.6) is 0 Å². The summed E-state index contributed by atoms with van der Waals surface area (Å²) in [6, 6.07) is 10.4. The molecule has 0 aromatic heterocycles. The zero-order valence-corrected chi connectivity index (χ0v) is 19.1. The highest BCUT2D eigenvalue weighted by molar-refractivity contribution is 7.92. The van der Waals surface area contributed by atoms with Crippen molar-refractivity contribution >= 4 is 33.3 Å². The number of aliphatic hydroxyl groups is 1. The molecule has 3 amide bonds. The number of carbonyl (C=O) groups is 2. The topological polar surface area (TPSA) is 150 Å². The number of nitrogens with zero attached hydrogens (tertiary/aromatic N) is 3. The number of carbonyl (C=O) groups excluding carboxylic acids is 2. The largest absolute Gasteiger partial charge is 0.389 e. The van der Waals surface area contributed by atoms with Crippen molar-refractivity contribution in [3.05, 3.63) is 64.2 Å². The highest BCUT2D eigenvalue weighted by atomic mass is 32.2. The number of imide groups is 1. The van der Waals surface area contributed by atoms with Gasteiger partial charge in [0.2, 0.25) is 0 Å². The number of nitro benzene ring substituents is 1. The SMILES string of the molecule is Cc1ccc(S(=O)(=O)N(C[C@@H](O)CN2C(=O)NC(C)(C)C2=O)c2ccccc2[N+](=O)[O-])cc1. The second kappa shape index (κ2) is 8.79. The summed E-state index contributed by atoms with van der Waals surface area (Å²) in [5, 5.41) is 24.7. The van der Waals surface area contributed by atoms with Gasteiger partial charge in [-0.15, -0.1) is 0 Å². The molecule has 2 aromatic rings. The molecule has 176 valence electrons. The van der Waals surface area contributed by atoms with Crippen LogP contribution in [0.15, 0.2) is 53.4 Å². The number of para-hydroxylation sites is 2. The van der Waals surface area contributed by atoms with Crippen molar-refractivity contribution in [2.45, 2.75) is 37.3 Å². The minimum absolute atomic E-state index is 0.130. The van der Waals surface area contributed by atoms with E-state index in [-0.39, 0.29) is 10.6 Å². The summed E-state index contributed by atoms with van der Waals surface area (Å²) >= 11 is 0. The van der Waals surface area contributed by atoms with Crippen molar-refractivity contribution < 1.29 is 28.0 Å². The molecule has 1 aliphatic rings. The number of aliphatic hydroxyl groups excluding tert-OH is 1. The molecule has 1 fully saturated rings. The number of hydrogen-bond donors (Lipinski definition) is 2. The maximum Gasteiger partial charge on any atom is 0.325 e. The lowest BCUT2D eigenvalue weighted by Crippen LogP contribution is -2.45. The quantitative estimate of drug-likeness (QED) is 0.335. The van der Waals surface area contributed by atoms with E-state index < -0.39 is 57.3 Å². The second-order valence-electron chi connectivity index (χ2n) is 8.22. The van der Waals surface area contributed by atoms with E-state index in [1.807, 2.05) is 0 Å². The van der Waals surface area contributed by atoms with Gasteiger partial charge in [0, 0.05) is 6.07 Å². The van der Waals surface area contributed by atoms with Crippen molar-refractivity contribution in [1.82, 2.24) is 10.2 Å². The second-order valence-corrected chi connectivity index (χ2v) is 10.1. The number of urea groups is 1. The summed E-state index contributed by atoms with van der Waals surface area (Å²) in [6.45, 7) is 3.66. The number of hydrogen-bond acceptors (Lipinski definition) is 7. The number of amides is 3. The summed E-state index contributed by atoms with van der Waals surface area (Å²) < 4.78 is 27.6. The lowest BCUT2D eigenvalue weighted by atomic mass is 10.1. The molecule has 1 aliphatic heterocycles. The van der Waals surface area contributed by atoms with Gasteiger partial charge in [-0.2, -0.15) is 0 Å². The molecule has 1 heterocycles. The molecular formula is C21H24N4O7S. The van der Waals surface area contributed by atoms with Gasteiger partial charge in [-0.3, -0.25) is 24.1 Å². The molecule has 0 bridgehead atoms. The van der Waals surface area contributed by atoms with Crippen molar-refractivity contribution in [1.29, 1.82) is 0 Å². The first-order valence-electron chi connectivity index (χ1n) is 9.99. The van der Waals surface area contributed by atoms with E-state index in [1.54, 1.807) is 19.1 Å². The van der Waals surface area contributed by atoms with E-state index in [0.717, 1.165) is 20.8 Å². The third-order valence-electron chi connectivity index (χ3n) is 5.17. The molecule has 1 atom stereocenters. The van der Waals surface area contributed by atoms with Crippen molar-refractivity contribution in [3.63, 3.8) is 0 Å². The molecule has 11 nitrogen and oxygen atoms in total. The minimum Gasteiger partial charge on any atom is -0.389 e. The van der Waals surface area contributed by atoms with E-state index >= 15 is 0 Å². The smallest absolute Gasteiger partial charge is 0.325 e. The highest BCUT2D eigenvalue weighted by Crippen LogP contribution is 2.32. The van der Waals surface area contributed by atoms with Crippen LogP contribution in [0.4, 0.5) is 16.2 Å². The average Bonchev–Trinajstić information content (AvgIpc) is 2.93. The van der Waals surface area contributed by atoms with Crippen molar-refractivity contribution in [2.24, 2.45) is 0 Å². The maximum absolute atomic E-state index is 13.5. The van der Waals surface area contributed by atoms with Gasteiger partial charge in [0.25, 0.3) is 21.6 Å². The Hall–Kier alpha value is -3.51. The molecule has 2 aromatic carbocycles. The molecule has 0 radical (unpaired) electrons. The van der Waals surface area contributed by atoms with E-state index in [1.165, 1.54) is 44.2 Å². The molecule has 12 heteroatoms. The Labute approximate surface area is 190 Å². The molecule has 2 N–H and O–H groups in total. The van der Waals surface area contributed by atoms with E-state index in [4.69, 9.17) is 0 Å². The normalized spacial score (nSPS) is 16.4. The van der Waals surface area contributed by atoms with Crippen LogP contribution in [0.2, 0.25) is 0 Å². The summed E-state index contributed by atoms with van der Waals surface area (Å²) in [6.07, 6.45) is -1.52. The van der Waals surface area contributed by atoms with Crippen LogP contribution >= 0.6 is 0 Å². The fourth-order valence-corrected chi connectivity index (χ4v) is 4.95. The third-order valence-corrected chi connectivity index (χ3v) is 6.96. The van der Waals surface area contributed by atoms with E-state index in [9.17, 15) is 33.2 Å². The zero-order chi connectivity index (χ0) is 24.6. The molecule has 33 heavy (non-hydrogen) atoms. The summed E-state index contributed by atoms with van der Waals surface area (Å²) in [7, 11) is -4.34. The maximum atomic E-state index is 13.5. The fraction of sp³-hybridized carbons (Fsp3) is 0.333. The Morgan fingerprint density at radius 1 is 1.15 bits per heavy atom. The summed E-state index contributed by atoms with van der Waals surface area (Å²) in [5.74, 6) is -0.579. The van der Waals surface area contributed by atoms with Crippen LogP contribution < -0.4 is 9.62 Å². The first-order chi connectivity index (χ1) is 15.3. The first kappa shape index (κ1) is 24.1. The number of nitro groups is 1. The molecule has 1 saturated heterocycles. The predicted molar refractivity (Wildman–Crippen MR) is 119 cm³/mol. The molecule has 0 aliphatic carbocycles. The molecular weight excluding hydrogens is 452 g/mol. The highest BCUT2D eigenvalue weighted by Gasteiger charge is 2.45. The standard InChI is InChI=1S/C21H24N4O7S/c1-14-8-10-16(11-9-14)33(31,32)24(17-6-4-5-7-18(17)25(29)30)13-15(26)12-23-19(27)21(2,3)22-20(23)28/h4-11,15,26H,12-13H2,1-3H3,(H,22,28)/t15-/m0/s1. The zero-order valence-electron chi connectivity index (χ0n) is 18.3. The van der Waals surface area contributed by atoms with E-state index in [2.05, 4.69) is 5.32 Å². The average molecular weight is 477 g/mol. The monoisotopic (exact) mass is 476 g/mol. The number of nitrogens with one attached hydrogen (secondary N) is 1. The number of β-amino-alcohol motifs (C(OH)–C–C–N with tert-alkyl or cyclic N) is 1. The lowest BCUT2D eigenvalue weighted by Gasteiger charge is -2.28. The third kappa shape index (κ3) is 4.81. The Morgan fingerprint density at radius 3 is 2.30 bits per heavy atom.